The summed E-state index contributed by atoms with van der Waals surface area (Å²) in [4.78, 5) is 31.0. The molecule has 0 aromatic rings. The Balaban J connectivity index is 0.00000220. The summed E-state index contributed by atoms with van der Waals surface area (Å²) in [6.07, 6.45) is 3.88. The van der Waals surface area contributed by atoms with Crippen LogP contribution in [0.5, 0.6) is 0 Å². The van der Waals surface area contributed by atoms with Gasteiger partial charge < -0.3 is 10.6 Å². The summed E-state index contributed by atoms with van der Waals surface area (Å²) in [5.41, 5.74) is 5.97. The van der Waals surface area contributed by atoms with Crippen LogP contribution < -0.4 is 5.73 Å². The van der Waals surface area contributed by atoms with Crippen molar-refractivity contribution in [2.45, 2.75) is 39.0 Å². The summed E-state index contributed by atoms with van der Waals surface area (Å²) in [5, 5.41) is 0. The quantitative estimate of drug-likeness (QED) is 0.329. The average Bonchev–Trinajstić information content (AvgIpc) is 2.42. The van der Waals surface area contributed by atoms with E-state index in [0.717, 1.165) is 31.8 Å². The summed E-state index contributed by atoms with van der Waals surface area (Å²) in [7, 11) is 0. The van der Waals surface area contributed by atoms with Crippen LogP contribution in [0, 0.1) is 5.92 Å². The summed E-state index contributed by atoms with van der Waals surface area (Å²) >= 11 is 0. The fourth-order valence-corrected chi connectivity index (χ4v) is 2.65. The van der Waals surface area contributed by atoms with Crippen LogP contribution in [0.3, 0.4) is 0 Å². The SMILES string of the molecule is CC1CCN(C(N)=NCCN2C(=O)CCCC2=O)CC1.I. The van der Waals surface area contributed by atoms with E-state index in [9.17, 15) is 9.59 Å². The first-order valence-electron chi connectivity index (χ1n) is 7.46. The second kappa shape index (κ2) is 8.55. The molecule has 0 aromatic carbocycles. The lowest BCUT2D eigenvalue weighted by atomic mass is 10.00. The van der Waals surface area contributed by atoms with E-state index in [2.05, 4.69) is 16.8 Å². The Morgan fingerprint density at radius 3 is 2.38 bits per heavy atom. The van der Waals surface area contributed by atoms with Crippen LogP contribution in [0.1, 0.15) is 39.0 Å². The van der Waals surface area contributed by atoms with Crippen LogP contribution in [0.25, 0.3) is 0 Å². The van der Waals surface area contributed by atoms with Crippen molar-refractivity contribution in [2.75, 3.05) is 26.2 Å². The molecule has 2 saturated heterocycles. The van der Waals surface area contributed by atoms with Gasteiger partial charge in [-0.15, -0.1) is 24.0 Å². The molecular formula is C14H25IN4O2. The third-order valence-corrected chi connectivity index (χ3v) is 4.09. The molecule has 21 heavy (non-hydrogen) atoms. The molecule has 2 fully saturated rings. The van der Waals surface area contributed by atoms with Gasteiger partial charge in [0.25, 0.3) is 0 Å². The van der Waals surface area contributed by atoms with E-state index in [-0.39, 0.29) is 35.8 Å². The number of carbonyl (C=O) groups is 2. The first kappa shape index (κ1) is 18.2. The van der Waals surface area contributed by atoms with Crippen LogP contribution in [-0.2, 0) is 9.59 Å². The number of rotatable bonds is 3. The van der Waals surface area contributed by atoms with Crippen LogP contribution >= 0.6 is 24.0 Å². The van der Waals surface area contributed by atoms with Crippen molar-refractivity contribution < 1.29 is 9.59 Å². The average molecular weight is 408 g/mol. The molecule has 0 atom stereocenters. The number of amides is 2. The standard InChI is InChI=1S/C14H24N4O2.HI/c1-11-5-8-17(9-6-11)14(15)16-7-10-18-12(19)3-2-4-13(18)20;/h11H,2-10H2,1H3,(H2,15,16);1H. The van der Waals surface area contributed by atoms with Gasteiger partial charge in [-0.05, 0) is 25.2 Å². The second-order valence-electron chi connectivity index (χ2n) is 5.70. The van der Waals surface area contributed by atoms with Crippen molar-refractivity contribution in [3.63, 3.8) is 0 Å². The highest BCUT2D eigenvalue weighted by atomic mass is 127. The maximum absolute atomic E-state index is 11.6. The van der Waals surface area contributed by atoms with Crippen molar-refractivity contribution >= 4 is 41.8 Å². The van der Waals surface area contributed by atoms with Gasteiger partial charge in [0.1, 0.15) is 0 Å². The summed E-state index contributed by atoms with van der Waals surface area (Å²) in [6, 6.07) is 0. The minimum Gasteiger partial charge on any atom is -0.370 e. The molecule has 7 heteroatoms. The van der Waals surface area contributed by atoms with Gasteiger partial charge in [0.05, 0.1) is 6.54 Å². The zero-order valence-electron chi connectivity index (χ0n) is 12.6. The molecule has 2 rings (SSSR count). The van der Waals surface area contributed by atoms with Crippen LogP contribution in [-0.4, -0.2) is 53.8 Å². The lowest BCUT2D eigenvalue weighted by Crippen LogP contribution is -2.44. The van der Waals surface area contributed by atoms with E-state index in [1.165, 1.54) is 4.90 Å². The molecule has 0 aromatic heterocycles. The fourth-order valence-electron chi connectivity index (χ4n) is 2.65. The predicted molar refractivity (Wildman–Crippen MR) is 92.4 cm³/mol. The largest absolute Gasteiger partial charge is 0.370 e. The predicted octanol–water partition coefficient (Wildman–Crippen LogP) is 1.19. The van der Waals surface area contributed by atoms with E-state index in [1.54, 1.807) is 0 Å². The van der Waals surface area contributed by atoms with E-state index >= 15 is 0 Å². The molecule has 2 amide bonds. The number of guanidine groups is 1. The third kappa shape index (κ3) is 5.12. The number of nitrogens with zero attached hydrogens (tertiary/aromatic N) is 3. The molecule has 0 radical (unpaired) electrons. The maximum Gasteiger partial charge on any atom is 0.229 e. The van der Waals surface area contributed by atoms with Crippen molar-refractivity contribution in [1.82, 2.24) is 9.80 Å². The molecule has 0 saturated carbocycles. The van der Waals surface area contributed by atoms with Crippen LogP contribution in [0.15, 0.2) is 4.99 Å². The van der Waals surface area contributed by atoms with Crippen LogP contribution in [0.4, 0.5) is 0 Å². The highest BCUT2D eigenvalue weighted by Crippen LogP contribution is 2.15. The normalized spacial score (nSPS) is 21.5. The zero-order chi connectivity index (χ0) is 14.5. The lowest BCUT2D eigenvalue weighted by molar-refractivity contribution is -0.147. The smallest absolute Gasteiger partial charge is 0.229 e. The molecule has 2 aliphatic rings. The topological polar surface area (TPSA) is 79.0 Å². The van der Waals surface area contributed by atoms with Gasteiger partial charge in [0.2, 0.25) is 11.8 Å². The van der Waals surface area contributed by atoms with Gasteiger partial charge in [-0.25, -0.2) is 0 Å². The number of piperidine rings is 2. The fraction of sp³-hybridized carbons (Fsp3) is 0.786. The maximum atomic E-state index is 11.6. The molecule has 120 valence electrons. The Hall–Kier alpha value is -0.860. The van der Waals surface area contributed by atoms with Gasteiger partial charge >= 0.3 is 0 Å². The van der Waals surface area contributed by atoms with Gasteiger partial charge in [-0.1, -0.05) is 6.92 Å². The van der Waals surface area contributed by atoms with Crippen molar-refractivity contribution in [3.05, 3.63) is 0 Å². The first-order chi connectivity index (χ1) is 9.58. The lowest BCUT2D eigenvalue weighted by Gasteiger charge is -2.31. The van der Waals surface area contributed by atoms with E-state index in [4.69, 9.17) is 5.73 Å². The van der Waals surface area contributed by atoms with Crippen LogP contribution in [0.2, 0.25) is 0 Å². The number of hydrogen-bond donors (Lipinski definition) is 1. The van der Waals surface area contributed by atoms with Gasteiger partial charge in [0, 0.05) is 32.5 Å². The Labute approximate surface area is 143 Å². The third-order valence-electron chi connectivity index (χ3n) is 4.09. The number of aliphatic imine (C=N–C) groups is 1. The molecule has 0 bridgehead atoms. The van der Waals surface area contributed by atoms with Crippen molar-refractivity contribution in [2.24, 2.45) is 16.6 Å². The van der Waals surface area contributed by atoms with Crippen molar-refractivity contribution in [1.29, 1.82) is 0 Å². The number of carbonyl (C=O) groups excluding carboxylic acids is 2. The van der Waals surface area contributed by atoms with Gasteiger partial charge in [-0.3, -0.25) is 19.5 Å². The van der Waals surface area contributed by atoms with Gasteiger partial charge in [-0.2, -0.15) is 0 Å². The number of likely N-dealkylation sites (tertiary alicyclic amines) is 2. The Bertz CT molecular complexity index is 390. The Morgan fingerprint density at radius 2 is 1.81 bits per heavy atom. The first-order valence-corrected chi connectivity index (χ1v) is 7.46. The van der Waals surface area contributed by atoms with E-state index in [1.807, 2.05) is 0 Å². The molecule has 0 spiro atoms. The summed E-state index contributed by atoms with van der Waals surface area (Å²) in [5.74, 6) is 1.13. The highest BCUT2D eigenvalue weighted by Gasteiger charge is 2.25. The van der Waals surface area contributed by atoms with E-state index < -0.39 is 0 Å². The minimum atomic E-state index is -0.0816. The number of hydrogen-bond acceptors (Lipinski definition) is 3. The minimum absolute atomic E-state index is 0. The summed E-state index contributed by atoms with van der Waals surface area (Å²) < 4.78 is 0. The molecular weight excluding hydrogens is 383 g/mol. The number of imide groups is 1. The van der Waals surface area contributed by atoms with Crippen molar-refractivity contribution in [3.8, 4) is 0 Å². The number of nitrogens with two attached hydrogens (primary N) is 1. The Morgan fingerprint density at radius 1 is 1.24 bits per heavy atom. The zero-order valence-corrected chi connectivity index (χ0v) is 14.9. The molecule has 2 N–H and O–H groups in total. The Kier molecular flexibility index (Phi) is 7.41. The summed E-state index contributed by atoms with van der Waals surface area (Å²) in [6.45, 7) is 4.88. The van der Waals surface area contributed by atoms with Gasteiger partial charge in [0.15, 0.2) is 5.96 Å². The second-order valence-corrected chi connectivity index (χ2v) is 5.70. The molecule has 0 unspecified atom stereocenters. The monoisotopic (exact) mass is 408 g/mol. The van der Waals surface area contributed by atoms with E-state index in [0.29, 0.717) is 38.3 Å². The highest BCUT2D eigenvalue weighted by molar-refractivity contribution is 14.0. The molecule has 0 aliphatic carbocycles. The molecule has 2 heterocycles. The number of halogens is 1. The molecule has 6 nitrogen and oxygen atoms in total. The molecule has 2 aliphatic heterocycles.